The summed E-state index contributed by atoms with van der Waals surface area (Å²) in [7, 11) is 0. The van der Waals surface area contributed by atoms with E-state index in [1.54, 1.807) is 0 Å². The summed E-state index contributed by atoms with van der Waals surface area (Å²) in [6, 6.07) is 0.541. The van der Waals surface area contributed by atoms with Gasteiger partial charge in [0.25, 0.3) is 0 Å². The first-order chi connectivity index (χ1) is 4.86. The van der Waals surface area contributed by atoms with Crippen molar-refractivity contribution < 1.29 is 0 Å². The molecule has 0 spiro atoms. The first-order valence-corrected chi connectivity index (χ1v) is 4.62. The van der Waals surface area contributed by atoms with E-state index in [0.29, 0.717) is 6.04 Å². The smallest absolute Gasteiger partial charge is 0.00416 e. The normalized spacial score (nSPS) is 47.1. The average Bonchev–Trinajstić information content (AvgIpc) is 2.33. The topological polar surface area (TPSA) is 26.0 Å². The molecule has 0 aromatic rings. The Hall–Kier alpha value is -0.0400. The number of nitrogens with two attached hydrogens (primary N) is 1. The minimum atomic E-state index is 0.541. The lowest BCUT2D eigenvalue weighted by atomic mass is 9.79. The Morgan fingerprint density at radius 2 is 1.70 bits per heavy atom. The first kappa shape index (κ1) is 6.66. The van der Waals surface area contributed by atoms with E-state index in [9.17, 15) is 0 Å². The quantitative estimate of drug-likeness (QED) is 0.545. The molecule has 2 saturated carbocycles. The van der Waals surface area contributed by atoms with Crippen LogP contribution < -0.4 is 5.73 Å². The van der Waals surface area contributed by atoms with Crippen LogP contribution in [0.1, 0.15) is 38.5 Å². The summed E-state index contributed by atoms with van der Waals surface area (Å²) in [6.07, 6.45) is 8.48. The molecule has 2 aliphatic rings. The van der Waals surface area contributed by atoms with Crippen LogP contribution in [-0.2, 0) is 0 Å². The molecule has 0 unspecified atom stereocenters. The molecule has 2 fully saturated rings. The van der Waals surface area contributed by atoms with Crippen LogP contribution in [0.4, 0.5) is 0 Å². The monoisotopic (exact) mass is 139 g/mol. The Kier molecular flexibility index (Phi) is 1.69. The molecule has 2 rings (SSSR count). The van der Waals surface area contributed by atoms with Crippen molar-refractivity contribution in [3.8, 4) is 0 Å². The highest BCUT2D eigenvalue weighted by molar-refractivity contribution is 4.85. The molecule has 0 aliphatic heterocycles. The summed E-state index contributed by atoms with van der Waals surface area (Å²) in [5, 5.41) is 0. The largest absolute Gasteiger partial charge is 0.328 e. The molecule has 58 valence electrons. The van der Waals surface area contributed by atoms with E-state index in [-0.39, 0.29) is 0 Å². The predicted molar refractivity (Wildman–Crippen MR) is 42.7 cm³/mol. The van der Waals surface area contributed by atoms with Crippen molar-refractivity contribution in [1.29, 1.82) is 0 Å². The van der Waals surface area contributed by atoms with Gasteiger partial charge in [-0.05, 0) is 31.1 Å². The Morgan fingerprint density at radius 1 is 0.900 bits per heavy atom. The van der Waals surface area contributed by atoms with Gasteiger partial charge in [-0.2, -0.15) is 0 Å². The molecule has 0 bridgehead atoms. The van der Waals surface area contributed by atoms with Crippen molar-refractivity contribution in [2.45, 2.75) is 44.6 Å². The maximum atomic E-state index is 5.89. The lowest BCUT2D eigenvalue weighted by molar-refractivity contribution is 0.251. The van der Waals surface area contributed by atoms with Crippen LogP contribution in [0.3, 0.4) is 0 Å². The van der Waals surface area contributed by atoms with E-state index >= 15 is 0 Å². The van der Waals surface area contributed by atoms with Crippen molar-refractivity contribution in [2.24, 2.45) is 17.6 Å². The van der Waals surface area contributed by atoms with Crippen LogP contribution >= 0.6 is 0 Å². The third-order valence-electron chi connectivity index (χ3n) is 3.33. The van der Waals surface area contributed by atoms with E-state index in [4.69, 9.17) is 5.73 Å². The van der Waals surface area contributed by atoms with E-state index in [1.807, 2.05) is 0 Å². The molecule has 2 aliphatic carbocycles. The Bertz CT molecular complexity index is 122. The second-order valence-electron chi connectivity index (χ2n) is 4.02. The molecule has 2 N–H and O–H groups in total. The van der Waals surface area contributed by atoms with Crippen LogP contribution in [0.2, 0.25) is 0 Å². The summed E-state index contributed by atoms with van der Waals surface area (Å²) in [4.78, 5) is 0. The maximum Gasteiger partial charge on any atom is 0.00416 e. The van der Waals surface area contributed by atoms with Gasteiger partial charge in [0.15, 0.2) is 0 Å². The van der Waals surface area contributed by atoms with Crippen molar-refractivity contribution in [2.75, 3.05) is 0 Å². The first-order valence-electron chi connectivity index (χ1n) is 4.62. The minimum absolute atomic E-state index is 0.541. The second kappa shape index (κ2) is 2.54. The van der Waals surface area contributed by atoms with Crippen LogP contribution in [0, 0.1) is 11.8 Å². The fourth-order valence-corrected chi connectivity index (χ4v) is 2.74. The highest BCUT2D eigenvalue weighted by atomic mass is 14.6. The fraction of sp³-hybridized carbons (Fsp3) is 1.00. The zero-order chi connectivity index (χ0) is 6.97. The molecule has 0 radical (unpaired) electrons. The molecule has 0 heterocycles. The van der Waals surface area contributed by atoms with Crippen LogP contribution in [0.5, 0.6) is 0 Å². The molecule has 0 aromatic heterocycles. The maximum absolute atomic E-state index is 5.89. The second-order valence-corrected chi connectivity index (χ2v) is 4.02. The molecule has 0 amide bonds. The molecular weight excluding hydrogens is 122 g/mol. The van der Waals surface area contributed by atoms with Crippen LogP contribution in [0.15, 0.2) is 0 Å². The minimum Gasteiger partial charge on any atom is -0.328 e. The zero-order valence-corrected chi connectivity index (χ0v) is 6.55. The third kappa shape index (κ3) is 1.07. The van der Waals surface area contributed by atoms with Gasteiger partial charge in [0.2, 0.25) is 0 Å². The van der Waals surface area contributed by atoms with Crippen molar-refractivity contribution in [1.82, 2.24) is 0 Å². The molecule has 0 saturated heterocycles. The van der Waals surface area contributed by atoms with Crippen molar-refractivity contribution in [3.63, 3.8) is 0 Å². The average molecular weight is 139 g/mol. The predicted octanol–water partition coefficient (Wildman–Crippen LogP) is 1.91. The van der Waals surface area contributed by atoms with E-state index in [2.05, 4.69) is 0 Å². The van der Waals surface area contributed by atoms with Gasteiger partial charge < -0.3 is 5.73 Å². The van der Waals surface area contributed by atoms with Gasteiger partial charge in [-0.3, -0.25) is 0 Å². The zero-order valence-electron chi connectivity index (χ0n) is 6.55. The van der Waals surface area contributed by atoms with E-state index in [0.717, 1.165) is 11.8 Å². The molecule has 10 heavy (non-hydrogen) atoms. The lowest BCUT2D eigenvalue weighted by Crippen LogP contribution is -2.30. The summed E-state index contributed by atoms with van der Waals surface area (Å²) in [5.41, 5.74) is 5.89. The molecule has 0 aromatic carbocycles. The summed E-state index contributed by atoms with van der Waals surface area (Å²) in [5.74, 6) is 2.09. The van der Waals surface area contributed by atoms with Crippen molar-refractivity contribution in [3.05, 3.63) is 0 Å². The number of hydrogen-bond acceptors (Lipinski definition) is 1. The van der Waals surface area contributed by atoms with Crippen LogP contribution in [-0.4, -0.2) is 6.04 Å². The fourth-order valence-electron chi connectivity index (χ4n) is 2.74. The van der Waals surface area contributed by atoms with Crippen LogP contribution in [0.25, 0.3) is 0 Å². The lowest BCUT2D eigenvalue weighted by Gasteiger charge is -2.29. The summed E-state index contributed by atoms with van der Waals surface area (Å²) in [6.45, 7) is 0. The molecule has 3 atom stereocenters. The number of hydrogen-bond donors (Lipinski definition) is 1. The number of rotatable bonds is 0. The Labute approximate surface area is 63.0 Å². The van der Waals surface area contributed by atoms with Gasteiger partial charge in [0, 0.05) is 6.04 Å². The molecular formula is C9H17N. The van der Waals surface area contributed by atoms with E-state index in [1.165, 1.54) is 38.5 Å². The third-order valence-corrected chi connectivity index (χ3v) is 3.33. The number of fused-ring (bicyclic) bond motifs is 1. The van der Waals surface area contributed by atoms with Gasteiger partial charge in [0.1, 0.15) is 0 Å². The highest BCUT2D eigenvalue weighted by Crippen LogP contribution is 2.41. The molecule has 1 nitrogen and oxygen atoms in total. The highest BCUT2D eigenvalue weighted by Gasteiger charge is 2.32. The van der Waals surface area contributed by atoms with Gasteiger partial charge >= 0.3 is 0 Å². The summed E-state index contributed by atoms with van der Waals surface area (Å²) >= 11 is 0. The standard InChI is InChI=1S/C9H17N/c10-9-5-4-7-2-1-3-8(7)6-9/h7-9H,1-6,10H2/t7-,8+,9-/m1/s1. The van der Waals surface area contributed by atoms with E-state index < -0.39 is 0 Å². The summed E-state index contributed by atoms with van der Waals surface area (Å²) < 4.78 is 0. The Balaban J connectivity index is 1.96. The van der Waals surface area contributed by atoms with Gasteiger partial charge in [-0.15, -0.1) is 0 Å². The van der Waals surface area contributed by atoms with Gasteiger partial charge in [0.05, 0.1) is 0 Å². The van der Waals surface area contributed by atoms with Crippen molar-refractivity contribution >= 4 is 0 Å². The Morgan fingerprint density at radius 3 is 2.60 bits per heavy atom. The molecule has 1 heteroatoms. The van der Waals surface area contributed by atoms with Gasteiger partial charge in [-0.25, -0.2) is 0 Å². The SMILES string of the molecule is N[C@@H]1CC[C@H]2CCC[C@H]2C1. The van der Waals surface area contributed by atoms with Gasteiger partial charge in [-0.1, -0.05) is 19.3 Å².